The van der Waals surface area contributed by atoms with Crippen LogP contribution < -0.4 is 4.80 Å². The van der Waals surface area contributed by atoms with Crippen LogP contribution in [0.3, 0.4) is 0 Å². The fourth-order valence-electron chi connectivity index (χ4n) is 2.35. The van der Waals surface area contributed by atoms with Crippen LogP contribution in [0.5, 0.6) is 0 Å². The Balaban J connectivity index is 1.99. The van der Waals surface area contributed by atoms with Crippen molar-refractivity contribution in [3.63, 3.8) is 0 Å². The number of rotatable bonds is 3. The molecule has 0 N–H and O–H groups in total. The van der Waals surface area contributed by atoms with Gasteiger partial charge in [-0.15, -0.1) is 11.3 Å². The molecular weight excluding hydrogens is 312 g/mol. The summed E-state index contributed by atoms with van der Waals surface area (Å²) in [6.45, 7) is 2.14. The minimum absolute atomic E-state index is 0.228. The maximum absolute atomic E-state index is 12.0. The van der Waals surface area contributed by atoms with Gasteiger partial charge in [-0.05, 0) is 35.6 Å². The fourth-order valence-corrected chi connectivity index (χ4v) is 4.04. The minimum atomic E-state index is -0.228. The monoisotopic (exact) mass is 328 g/mol. The molecule has 1 aromatic carbocycles. The van der Waals surface area contributed by atoms with Crippen molar-refractivity contribution in [3.05, 3.63) is 57.0 Å². The van der Waals surface area contributed by atoms with Crippen molar-refractivity contribution < 1.29 is 4.79 Å². The lowest BCUT2D eigenvalue weighted by molar-refractivity contribution is -0.113. The van der Waals surface area contributed by atoms with E-state index in [1.54, 1.807) is 28.7 Å². The number of aromatic nitrogens is 1. The lowest BCUT2D eigenvalue weighted by atomic mass is 10.1. The number of carbonyl (C=O) groups excluding carboxylic acids is 1. The van der Waals surface area contributed by atoms with E-state index >= 15 is 0 Å². The van der Waals surface area contributed by atoms with E-state index in [-0.39, 0.29) is 5.91 Å². The molecule has 3 rings (SSSR count). The van der Waals surface area contributed by atoms with Gasteiger partial charge in [0.1, 0.15) is 0 Å². The summed E-state index contributed by atoms with van der Waals surface area (Å²) in [7, 11) is 1.97. The van der Waals surface area contributed by atoms with E-state index < -0.39 is 0 Å². The Kier molecular flexibility index (Phi) is 4.36. The van der Waals surface area contributed by atoms with Gasteiger partial charge in [0, 0.05) is 18.0 Å². The Hall–Kier alpha value is -1.98. The molecule has 2 heterocycles. The predicted octanol–water partition coefficient (Wildman–Crippen LogP) is 4.00. The van der Waals surface area contributed by atoms with Gasteiger partial charge in [-0.3, -0.25) is 4.79 Å². The molecule has 0 atom stereocenters. The predicted molar refractivity (Wildman–Crippen MR) is 94.1 cm³/mol. The van der Waals surface area contributed by atoms with Crippen LogP contribution >= 0.6 is 22.7 Å². The molecular formula is C17H16N2OS2. The second-order valence-electron chi connectivity index (χ2n) is 4.86. The Morgan fingerprint density at radius 3 is 2.91 bits per heavy atom. The molecule has 5 heteroatoms. The number of thiazole rings is 1. The number of aryl methyl sites for hydroxylation is 2. The zero-order chi connectivity index (χ0) is 15.5. The second kappa shape index (κ2) is 6.42. The Bertz CT molecular complexity index is 899. The summed E-state index contributed by atoms with van der Waals surface area (Å²) >= 11 is 3.15. The van der Waals surface area contributed by atoms with Gasteiger partial charge in [-0.1, -0.05) is 36.5 Å². The van der Waals surface area contributed by atoms with Crippen molar-refractivity contribution in [3.8, 4) is 0 Å². The highest BCUT2D eigenvalue weighted by Gasteiger charge is 2.07. The van der Waals surface area contributed by atoms with Crippen LogP contribution in [-0.2, 0) is 18.3 Å². The van der Waals surface area contributed by atoms with Gasteiger partial charge in [0.05, 0.1) is 10.2 Å². The summed E-state index contributed by atoms with van der Waals surface area (Å²) in [5.74, 6) is -0.228. The first kappa shape index (κ1) is 14.9. The van der Waals surface area contributed by atoms with Crippen LogP contribution in [0.25, 0.3) is 16.3 Å². The van der Waals surface area contributed by atoms with Gasteiger partial charge in [-0.2, -0.15) is 4.99 Å². The SMILES string of the molecule is CCc1cccc2sc(=NC(=O)/C=C/c3cccs3)n(C)c12. The highest BCUT2D eigenvalue weighted by molar-refractivity contribution is 7.16. The molecule has 0 aliphatic heterocycles. The normalized spacial score (nSPS) is 12.5. The highest BCUT2D eigenvalue weighted by atomic mass is 32.1. The molecule has 0 aliphatic carbocycles. The van der Waals surface area contributed by atoms with Crippen LogP contribution in [-0.4, -0.2) is 10.5 Å². The first-order valence-electron chi connectivity index (χ1n) is 7.06. The number of thiophene rings is 1. The minimum Gasteiger partial charge on any atom is -0.319 e. The number of amides is 1. The summed E-state index contributed by atoms with van der Waals surface area (Å²) in [5.41, 5.74) is 2.45. The molecule has 0 spiro atoms. The number of para-hydroxylation sites is 1. The number of carbonyl (C=O) groups is 1. The molecule has 0 unspecified atom stereocenters. The fraction of sp³-hybridized carbons (Fsp3) is 0.176. The molecule has 112 valence electrons. The number of hydrogen-bond donors (Lipinski definition) is 0. The van der Waals surface area contributed by atoms with Crippen molar-refractivity contribution >= 4 is 44.9 Å². The van der Waals surface area contributed by atoms with Crippen LogP contribution in [0, 0.1) is 0 Å². The molecule has 0 saturated carbocycles. The molecule has 3 aromatic rings. The third-order valence-electron chi connectivity index (χ3n) is 3.43. The molecule has 22 heavy (non-hydrogen) atoms. The van der Waals surface area contributed by atoms with Crippen molar-refractivity contribution in [2.24, 2.45) is 12.0 Å². The van der Waals surface area contributed by atoms with Crippen molar-refractivity contribution in [2.45, 2.75) is 13.3 Å². The average molecular weight is 328 g/mol. The number of hydrogen-bond acceptors (Lipinski definition) is 3. The lowest BCUT2D eigenvalue weighted by Gasteiger charge is -2.01. The molecule has 0 aliphatic rings. The molecule has 0 saturated heterocycles. The molecule has 2 aromatic heterocycles. The molecule has 1 amide bonds. The van der Waals surface area contributed by atoms with E-state index in [2.05, 4.69) is 30.1 Å². The van der Waals surface area contributed by atoms with E-state index in [1.807, 2.05) is 29.1 Å². The van der Waals surface area contributed by atoms with E-state index in [0.29, 0.717) is 0 Å². The zero-order valence-electron chi connectivity index (χ0n) is 12.4. The van der Waals surface area contributed by atoms with Gasteiger partial charge in [0.25, 0.3) is 5.91 Å². The largest absolute Gasteiger partial charge is 0.319 e. The van der Waals surface area contributed by atoms with Crippen molar-refractivity contribution in [1.82, 2.24) is 4.57 Å². The maximum atomic E-state index is 12.0. The van der Waals surface area contributed by atoms with Gasteiger partial charge < -0.3 is 4.57 Å². The van der Waals surface area contributed by atoms with Crippen molar-refractivity contribution in [2.75, 3.05) is 0 Å². The van der Waals surface area contributed by atoms with Gasteiger partial charge >= 0.3 is 0 Å². The van der Waals surface area contributed by atoms with Gasteiger partial charge in [0.2, 0.25) is 0 Å². The van der Waals surface area contributed by atoms with E-state index in [1.165, 1.54) is 17.2 Å². The number of benzene rings is 1. The third kappa shape index (κ3) is 2.96. The number of fused-ring (bicyclic) bond motifs is 1. The Labute approximate surface area is 136 Å². The lowest BCUT2D eigenvalue weighted by Crippen LogP contribution is -2.12. The van der Waals surface area contributed by atoms with Crippen LogP contribution in [0.2, 0.25) is 0 Å². The Morgan fingerprint density at radius 2 is 2.18 bits per heavy atom. The quantitative estimate of drug-likeness (QED) is 0.669. The zero-order valence-corrected chi connectivity index (χ0v) is 14.1. The summed E-state index contributed by atoms with van der Waals surface area (Å²) in [6.07, 6.45) is 4.30. The standard InChI is InChI=1S/C17H16N2OS2/c1-3-12-6-4-8-14-16(12)19(2)17(22-14)18-15(20)10-9-13-7-5-11-21-13/h4-11H,3H2,1-2H3/b10-9+,18-17?. The van der Waals surface area contributed by atoms with Gasteiger partial charge in [-0.25, -0.2) is 0 Å². The Morgan fingerprint density at radius 1 is 1.32 bits per heavy atom. The summed E-state index contributed by atoms with van der Waals surface area (Å²) < 4.78 is 3.17. The first-order valence-corrected chi connectivity index (χ1v) is 8.76. The molecule has 3 nitrogen and oxygen atoms in total. The van der Waals surface area contributed by atoms with Gasteiger partial charge in [0.15, 0.2) is 4.80 Å². The van der Waals surface area contributed by atoms with Crippen LogP contribution in [0.4, 0.5) is 0 Å². The van der Waals surface area contributed by atoms with Crippen molar-refractivity contribution in [1.29, 1.82) is 0 Å². The van der Waals surface area contributed by atoms with Crippen LogP contribution in [0.1, 0.15) is 17.4 Å². The first-order chi connectivity index (χ1) is 10.7. The number of nitrogens with zero attached hydrogens (tertiary/aromatic N) is 2. The maximum Gasteiger partial charge on any atom is 0.272 e. The summed E-state index contributed by atoms with van der Waals surface area (Å²) in [5, 5.41) is 1.99. The third-order valence-corrected chi connectivity index (χ3v) is 5.36. The molecule has 0 radical (unpaired) electrons. The summed E-state index contributed by atoms with van der Waals surface area (Å²) in [6, 6.07) is 10.2. The molecule has 0 fully saturated rings. The van der Waals surface area contributed by atoms with Crippen LogP contribution in [0.15, 0.2) is 46.8 Å². The van der Waals surface area contributed by atoms with E-state index in [0.717, 1.165) is 20.8 Å². The second-order valence-corrected chi connectivity index (χ2v) is 6.85. The van der Waals surface area contributed by atoms with E-state index in [9.17, 15) is 4.79 Å². The molecule has 0 bridgehead atoms. The topological polar surface area (TPSA) is 34.4 Å². The smallest absolute Gasteiger partial charge is 0.272 e. The summed E-state index contributed by atoms with van der Waals surface area (Å²) in [4.78, 5) is 18.1. The van der Waals surface area contributed by atoms with E-state index in [4.69, 9.17) is 0 Å². The average Bonchev–Trinajstić information content (AvgIpc) is 3.14. The highest BCUT2D eigenvalue weighted by Crippen LogP contribution is 2.21.